The van der Waals surface area contributed by atoms with E-state index in [0.717, 1.165) is 40.3 Å². The molecule has 2 aromatic heterocycles. The molecule has 2 unspecified atom stereocenters. The summed E-state index contributed by atoms with van der Waals surface area (Å²) in [6, 6.07) is 22.6. The smallest absolute Gasteiger partial charge is 0.260 e. The summed E-state index contributed by atoms with van der Waals surface area (Å²) in [7, 11) is 0. The molecule has 0 spiro atoms. The van der Waals surface area contributed by atoms with E-state index in [4.69, 9.17) is 4.74 Å². The van der Waals surface area contributed by atoms with Crippen LogP contribution in [0, 0.1) is 5.92 Å². The van der Waals surface area contributed by atoms with Gasteiger partial charge >= 0.3 is 0 Å². The average molecular weight is 507 g/mol. The van der Waals surface area contributed by atoms with Gasteiger partial charge in [0.05, 0.1) is 30.4 Å². The van der Waals surface area contributed by atoms with Gasteiger partial charge in [-0.25, -0.2) is 4.98 Å². The van der Waals surface area contributed by atoms with E-state index < -0.39 is 6.10 Å². The summed E-state index contributed by atoms with van der Waals surface area (Å²) in [6.45, 7) is 1.30. The van der Waals surface area contributed by atoms with Crippen molar-refractivity contribution in [3.8, 4) is 17.0 Å². The van der Waals surface area contributed by atoms with Gasteiger partial charge in [-0.05, 0) is 55.0 Å². The maximum Gasteiger partial charge on any atom is 0.260 e. The van der Waals surface area contributed by atoms with Gasteiger partial charge in [0, 0.05) is 40.5 Å². The molecule has 0 bridgehead atoms. The number of aromatic nitrogens is 3. The number of ether oxygens (including phenoxy) is 1. The number of carbonyl (C=O) groups excluding carboxylic acids is 1. The molecule has 2 N–H and O–H groups in total. The number of imidazole rings is 1. The van der Waals surface area contributed by atoms with Crippen molar-refractivity contribution in [1.82, 2.24) is 19.4 Å². The molecule has 2 aliphatic heterocycles. The third kappa shape index (κ3) is 3.94. The van der Waals surface area contributed by atoms with Gasteiger partial charge in [-0.15, -0.1) is 0 Å². The largest absolute Gasteiger partial charge is 0.484 e. The molecule has 2 aliphatic rings. The Morgan fingerprint density at radius 2 is 1.82 bits per heavy atom. The van der Waals surface area contributed by atoms with Gasteiger partial charge < -0.3 is 24.3 Å². The predicted molar refractivity (Wildman–Crippen MR) is 147 cm³/mol. The number of nitrogens with one attached hydrogen (secondary N) is 1. The van der Waals surface area contributed by atoms with Gasteiger partial charge in [0.1, 0.15) is 5.75 Å². The Balaban J connectivity index is 0.951. The summed E-state index contributed by atoms with van der Waals surface area (Å²) in [6.07, 6.45) is 5.56. The number of hydrogen-bond donors (Lipinski definition) is 2. The number of rotatable bonds is 6. The SMILES string of the molecule is O=C(COc1ccc2[nH]c3ccccc3c2c1)N1CCC(C(O)CC2c3ccccc3-c3cncn32)CC1. The van der Waals surface area contributed by atoms with Gasteiger partial charge in [-0.3, -0.25) is 4.79 Å². The molecule has 0 saturated carbocycles. The van der Waals surface area contributed by atoms with Gasteiger partial charge in [-0.2, -0.15) is 0 Å². The molecule has 3 aromatic carbocycles. The van der Waals surface area contributed by atoms with Crippen LogP contribution >= 0.6 is 0 Å². The molecule has 7 rings (SSSR count). The van der Waals surface area contributed by atoms with E-state index in [1.807, 2.05) is 53.8 Å². The van der Waals surface area contributed by atoms with Crippen molar-refractivity contribution in [3.05, 3.63) is 84.8 Å². The van der Waals surface area contributed by atoms with Crippen molar-refractivity contribution in [2.24, 2.45) is 5.92 Å². The van der Waals surface area contributed by atoms with Crippen molar-refractivity contribution < 1.29 is 14.6 Å². The summed E-state index contributed by atoms with van der Waals surface area (Å²) in [5.41, 5.74) is 5.70. The van der Waals surface area contributed by atoms with Crippen molar-refractivity contribution in [1.29, 1.82) is 0 Å². The Morgan fingerprint density at radius 1 is 1.03 bits per heavy atom. The summed E-state index contributed by atoms with van der Waals surface area (Å²) >= 11 is 0. The molecule has 1 fully saturated rings. The molecule has 38 heavy (non-hydrogen) atoms. The fourth-order valence-electron chi connectivity index (χ4n) is 6.28. The van der Waals surface area contributed by atoms with Crippen molar-refractivity contribution in [2.45, 2.75) is 31.4 Å². The number of fused-ring (bicyclic) bond motifs is 6. The third-order valence-corrected chi connectivity index (χ3v) is 8.34. The second-order valence-electron chi connectivity index (χ2n) is 10.5. The number of piperidine rings is 1. The first kappa shape index (κ1) is 23.0. The highest BCUT2D eigenvalue weighted by Crippen LogP contribution is 2.42. The zero-order valence-electron chi connectivity index (χ0n) is 21.1. The second-order valence-corrected chi connectivity index (χ2v) is 10.5. The third-order valence-electron chi connectivity index (χ3n) is 8.34. The summed E-state index contributed by atoms with van der Waals surface area (Å²) in [4.78, 5) is 22.5. The van der Waals surface area contributed by atoms with Crippen molar-refractivity contribution in [2.75, 3.05) is 19.7 Å². The van der Waals surface area contributed by atoms with E-state index in [0.29, 0.717) is 25.3 Å². The topological polar surface area (TPSA) is 83.4 Å². The fourth-order valence-corrected chi connectivity index (χ4v) is 6.28. The van der Waals surface area contributed by atoms with Crippen LogP contribution in [0.3, 0.4) is 0 Å². The minimum atomic E-state index is -0.433. The van der Waals surface area contributed by atoms with E-state index in [-0.39, 0.29) is 24.5 Å². The molecule has 7 heteroatoms. The quantitative estimate of drug-likeness (QED) is 0.333. The van der Waals surface area contributed by atoms with Crippen LogP contribution in [-0.4, -0.2) is 56.2 Å². The van der Waals surface area contributed by atoms with Gasteiger partial charge in [-0.1, -0.05) is 42.5 Å². The number of amides is 1. The number of hydrogen-bond acceptors (Lipinski definition) is 4. The lowest BCUT2D eigenvalue weighted by molar-refractivity contribution is -0.135. The molecule has 1 amide bonds. The number of aromatic amines is 1. The molecule has 2 atom stereocenters. The molecule has 5 aromatic rings. The summed E-state index contributed by atoms with van der Waals surface area (Å²) < 4.78 is 8.08. The standard InChI is InChI=1S/C31H30N4O3/c36-30(16-28-23-6-1-2-7-24(23)29-17-32-19-35(28)29)20-11-13-34(14-12-20)31(37)18-38-21-9-10-27-25(15-21)22-5-3-4-8-26(22)33-27/h1-10,15,17,19-20,28,30,33,36H,11-14,16,18H2. The van der Waals surface area contributed by atoms with E-state index in [2.05, 4.69) is 44.9 Å². The first-order valence-electron chi connectivity index (χ1n) is 13.4. The van der Waals surface area contributed by atoms with Crippen molar-refractivity contribution >= 4 is 27.7 Å². The van der Waals surface area contributed by atoms with Crippen LogP contribution in [0.25, 0.3) is 33.1 Å². The molecule has 0 aliphatic carbocycles. The van der Waals surface area contributed by atoms with Crippen molar-refractivity contribution in [3.63, 3.8) is 0 Å². The lowest BCUT2D eigenvalue weighted by Crippen LogP contribution is -2.43. The maximum atomic E-state index is 12.9. The normalized spacial score (nSPS) is 18.0. The lowest BCUT2D eigenvalue weighted by atomic mass is 9.86. The van der Waals surface area contributed by atoms with Crippen LogP contribution in [0.5, 0.6) is 5.75 Å². The molecule has 7 nitrogen and oxygen atoms in total. The number of benzene rings is 3. The minimum Gasteiger partial charge on any atom is -0.484 e. The molecular formula is C31H30N4O3. The highest BCUT2D eigenvalue weighted by atomic mass is 16.5. The highest BCUT2D eigenvalue weighted by Gasteiger charge is 2.34. The average Bonchev–Trinajstić information content (AvgIpc) is 3.66. The monoisotopic (exact) mass is 506 g/mol. The number of aliphatic hydroxyl groups is 1. The number of nitrogens with zero attached hydrogens (tertiary/aromatic N) is 3. The van der Waals surface area contributed by atoms with Crippen LogP contribution in [0.2, 0.25) is 0 Å². The molecule has 0 radical (unpaired) electrons. The Labute approximate surface area is 220 Å². The van der Waals surface area contributed by atoms with E-state index in [1.54, 1.807) is 0 Å². The minimum absolute atomic E-state index is 0.00950. The van der Waals surface area contributed by atoms with Gasteiger partial charge in [0.2, 0.25) is 0 Å². The number of carbonyl (C=O) groups is 1. The molecule has 192 valence electrons. The van der Waals surface area contributed by atoms with Gasteiger partial charge in [0.15, 0.2) is 6.61 Å². The fraction of sp³-hybridized carbons (Fsp3) is 0.290. The summed E-state index contributed by atoms with van der Waals surface area (Å²) in [5.74, 6) is 0.852. The molecule has 4 heterocycles. The zero-order valence-corrected chi connectivity index (χ0v) is 21.1. The maximum absolute atomic E-state index is 12.9. The number of H-pyrrole nitrogens is 1. The predicted octanol–water partition coefficient (Wildman–Crippen LogP) is 5.16. The van der Waals surface area contributed by atoms with Crippen LogP contribution in [0.1, 0.15) is 30.9 Å². The van der Waals surface area contributed by atoms with E-state index >= 15 is 0 Å². The second kappa shape index (κ2) is 9.33. The Morgan fingerprint density at radius 3 is 2.71 bits per heavy atom. The Hall–Kier alpha value is -4.10. The van der Waals surface area contributed by atoms with Crippen LogP contribution in [0.15, 0.2) is 79.3 Å². The first-order valence-corrected chi connectivity index (χ1v) is 13.4. The van der Waals surface area contributed by atoms with Crippen LogP contribution in [0.4, 0.5) is 0 Å². The van der Waals surface area contributed by atoms with E-state index in [1.165, 1.54) is 11.1 Å². The first-order chi connectivity index (χ1) is 18.7. The van der Waals surface area contributed by atoms with Crippen LogP contribution < -0.4 is 4.74 Å². The van der Waals surface area contributed by atoms with E-state index in [9.17, 15) is 9.90 Å². The number of para-hydroxylation sites is 1. The zero-order chi connectivity index (χ0) is 25.6. The highest BCUT2D eigenvalue weighted by molar-refractivity contribution is 6.07. The van der Waals surface area contributed by atoms with Crippen LogP contribution in [-0.2, 0) is 4.79 Å². The number of likely N-dealkylation sites (tertiary alicyclic amines) is 1. The Kier molecular flexibility index (Phi) is 5.66. The number of aliphatic hydroxyl groups excluding tert-OH is 1. The summed E-state index contributed by atoms with van der Waals surface area (Å²) in [5, 5.41) is 13.4. The molecular weight excluding hydrogens is 476 g/mol. The van der Waals surface area contributed by atoms with Gasteiger partial charge in [0.25, 0.3) is 5.91 Å². The molecule has 1 saturated heterocycles. The lowest BCUT2D eigenvalue weighted by Gasteiger charge is -2.35. The Bertz CT molecular complexity index is 1630.